The highest BCUT2D eigenvalue weighted by Gasteiger charge is 2.51. The fraction of sp³-hybridized carbons (Fsp3) is 0.0526. The number of hydrogen-bond donors (Lipinski definition) is 3. The number of phenols is 2. The Balaban J connectivity index is 2.65. The van der Waals surface area contributed by atoms with E-state index in [4.69, 9.17) is 46.4 Å². The van der Waals surface area contributed by atoms with Crippen LogP contribution in [0.3, 0.4) is 0 Å². The van der Waals surface area contributed by atoms with Crippen LogP contribution in [-0.2, 0) is 14.9 Å². The number of hydrogen-bond acceptors (Lipinski definition) is 4. The van der Waals surface area contributed by atoms with E-state index in [1.54, 1.807) is 0 Å². The third-order valence-corrected chi connectivity index (χ3v) is 7.13. The molecule has 1 atom stereocenters. The van der Waals surface area contributed by atoms with E-state index >= 15 is 0 Å². The number of benzene rings is 3. The summed E-state index contributed by atoms with van der Waals surface area (Å²) < 4.78 is 34.0. The zero-order valence-electron chi connectivity index (χ0n) is 14.3. The Morgan fingerprint density at radius 2 is 1.34 bits per heavy atom. The minimum atomic E-state index is -5.11. The van der Waals surface area contributed by atoms with Gasteiger partial charge in [0.1, 0.15) is 11.5 Å². The molecule has 0 saturated carbocycles. The molecule has 0 aliphatic rings. The summed E-state index contributed by atoms with van der Waals surface area (Å²) in [6.07, 6.45) is 0. The summed E-state index contributed by atoms with van der Waals surface area (Å²) in [6, 6.07) is 11.4. The van der Waals surface area contributed by atoms with Crippen LogP contribution in [0.1, 0.15) is 16.7 Å². The minimum Gasteiger partial charge on any atom is -0.508 e. The SMILES string of the molecule is O=S(=O)(O)C(c1cc(O)cc(O)c1)(c1cccc(Cl)c1)c1c(Cl)ccc(Cl)c1Cl. The van der Waals surface area contributed by atoms with Crippen LogP contribution in [0.2, 0.25) is 20.1 Å². The predicted molar refractivity (Wildman–Crippen MR) is 114 cm³/mol. The van der Waals surface area contributed by atoms with Crippen molar-refractivity contribution in [3.05, 3.63) is 91.4 Å². The Morgan fingerprint density at radius 1 is 0.759 bits per heavy atom. The van der Waals surface area contributed by atoms with Crippen LogP contribution in [0.25, 0.3) is 0 Å². The molecule has 0 bridgehead atoms. The third kappa shape index (κ3) is 3.77. The first-order valence-electron chi connectivity index (χ1n) is 7.89. The molecule has 29 heavy (non-hydrogen) atoms. The van der Waals surface area contributed by atoms with Gasteiger partial charge in [0.25, 0.3) is 10.1 Å². The molecule has 0 aliphatic heterocycles. The van der Waals surface area contributed by atoms with Gasteiger partial charge in [-0.15, -0.1) is 0 Å². The predicted octanol–water partition coefficient (Wildman–Crippen LogP) is 5.89. The molecule has 0 radical (unpaired) electrons. The maximum atomic E-state index is 13.0. The summed E-state index contributed by atoms with van der Waals surface area (Å²) in [5.41, 5.74) is -0.530. The average molecular weight is 494 g/mol. The normalized spacial score (nSPS) is 13.8. The highest BCUT2D eigenvalue weighted by molar-refractivity contribution is 7.87. The standard InChI is InChI=1S/C19H12Cl4O5S/c20-12-3-1-2-10(6-12)19(29(26,27)28,11-7-13(24)9-14(25)8-11)17-15(21)4-5-16(22)18(17)23/h1-9,24-25H,(H,26,27,28). The van der Waals surface area contributed by atoms with Gasteiger partial charge in [0.05, 0.1) is 10.0 Å². The molecule has 0 spiro atoms. The minimum absolute atomic E-state index is 0.0227. The molecule has 0 aliphatic carbocycles. The lowest BCUT2D eigenvalue weighted by Gasteiger charge is -2.34. The topological polar surface area (TPSA) is 94.8 Å². The van der Waals surface area contributed by atoms with E-state index in [1.165, 1.54) is 36.4 Å². The molecule has 5 nitrogen and oxygen atoms in total. The Morgan fingerprint density at radius 3 is 1.90 bits per heavy atom. The lowest BCUT2D eigenvalue weighted by molar-refractivity contribution is 0.444. The lowest BCUT2D eigenvalue weighted by Crippen LogP contribution is -2.39. The Bertz CT molecular complexity index is 1190. The average Bonchev–Trinajstić information content (AvgIpc) is 2.60. The molecule has 10 heteroatoms. The van der Waals surface area contributed by atoms with E-state index in [1.807, 2.05) is 0 Å². The van der Waals surface area contributed by atoms with Crippen LogP contribution in [0.15, 0.2) is 54.6 Å². The van der Waals surface area contributed by atoms with Crippen molar-refractivity contribution in [2.75, 3.05) is 0 Å². The number of aromatic hydroxyl groups is 2. The summed E-state index contributed by atoms with van der Waals surface area (Å²) in [5, 5.41) is 19.8. The Labute approximate surface area is 186 Å². The Kier molecular flexibility index (Phi) is 5.98. The van der Waals surface area contributed by atoms with Crippen molar-refractivity contribution in [3.63, 3.8) is 0 Å². The maximum absolute atomic E-state index is 13.0. The molecule has 3 aromatic carbocycles. The zero-order valence-corrected chi connectivity index (χ0v) is 18.1. The van der Waals surface area contributed by atoms with Crippen LogP contribution in [-0.4, -0.2) is 23.2 Å². The van der Waals surface area contributed by atoms with Gasteiger partial charge in [-0.2, -0.15) is 8.42 Å². The van der Waals surface area contributed by atoms with Gasteiger partial charge in [-0.25, -0.2) is 0 Å². The molecule has 0 aromatic heterocycles. The second-order valence-electron chi connectivity index (χ2n) is 6.12. The van der Waals surface area contributed by atoms with Crippen molar-refractivity contribution in [3.8, 4) is 11.5 Å². The summed E-state index contributed by atoms with van der Waals surface area (Å²) in [5.74, 6) is -0.909. The third-order valence-electron chi connectivity index (χ3n) is 4.32. The first kappa shape index (κ1) is 22.0. The van der Waals surface area contributed by atoms with Gasteiger partial charge < -0.3 is 10.2 Å². The van der Waals surface area contributed by atoms with Crippen molar-refractivity contribution < 1.29 is 23.2 Å². The monoisotopic (exact) mass is 492 g/mol. The summed E-state index contributed by atoms with van der Waals surface area (Å²) in [6.45, 7) is 0. The molecule has 0 amide bonds. The summed E-state index contributed by atoms with van der Waals surface area (Å²) in [4.78, 5) is 0. The molecule has 0 fully saturated rings. The van der Waals surface area contributed by atoms with Gasteiger partial charge in [0.2, 0.25) is 0 Å². The molecule has 0 heterocycles. The molecule has 1 unspecified atom stereocenters. The van der Waals surface area contributed by atoms with Crippen LogP contribution in [0.5, 0.6) is 11.5 Å². The second kappa shape index (κ2) is 7.87. The number of halogens is 4. The van der Waals surface area contributed by atoms with Gasteiger partial charge in [0, 0.05) is 21.7 Å². The van der Waals surface area contributed by atoms with Gasteiger partial charge in [-0.1, -0.05) is 58.5 Å². The van der Waals surface area contributed by atoms with Crippen molar-refractivity contribution in [1.82, 2.24) is 0 Å². The van der Waals surface area contributed by atoms with Crippen molar-refractivity contribution in [1.29, 1.82) is 0 Å². The van der Waals surface area contributed by atoms with Crippen molar-refractivity contribution in [2.24, 2.45) is 0 Å². The van der Waals surface area contributed by atoms with Crippen LogP contribution >= 0.6 is 46.4 Å². The fourth-order valence-corrected chi connectivity index (χ4v) is 5.66. The smallest absolute Gasteiger partial charge is 0.283 e. The van der Waals surface area contributed by atoms with Gasteiger partial charge in [0.15, 0.2) is 4.75 Å². The first-order chi connectivity index (χ1) is 13.5. The van der Waals surface area contributed by atoms with Gasteiger partial charge in [-0.05, 0) is 47.5 Å². The van der Waals surface area contributed by atoms with E-state index in [0.717, 1.165) is 18.2 Å². The number of rotatable bonds is 4. The zero-order chi connectivity index (χ0) is 21.6. The molecular formula is C19H12Cl4O5S. The first-order valence-corrected chi connectivity index (χ1v) is 10.8. The highest BCUT2D eigenvalue weighted by Crippen LogP contribution is 2.51. The van der Waals surface area contributed by atoms with E-state index in [9.17, 15) is 23.2 Å². The summed E-state index contributed by atoms with van der Waals surface area (Å²) >= 11 is 24.9. The van der Waals surface area contributed by atoms with Gasteiger partial charge in [-0.3, -0.25) is 4.55 Å². The van der Waals surface area contributed by atoms with Crippen molar-refractivity contribution >= 4 is 56.5 Å². The molecule has 152 valence electrons. The van der Waals surface area contributed by atoms with Crippen LogP contribution in [0.4, 0.5) is 0 Å². The molecule has 3 rings (SSSR count). The summed E-state index contributed by atoms with van der Waals surface area (Å²) in [7, 11) is -5.11. The largest absolute Gasteiger partial charge is 0.508 e. The van der Waals surface area contributed by atoms with E-state index < -0.39 is 26.4 Å². The lowest BCUT2D eigenvalue weighted by atomic mass is 9.83. The van der Waals surface area contributed by atoms with E-state index in [0.29, 0.717) is 0 Å². The molecule has 3 aromatic rings. The van der Waals surface area contributed by atoms with Gasteiger partial charge >= 0.3 is 0 Å². The van der Waals surface area contributed by atoms with Crippen LogP contribution in [0, 0.1) is 0 Å². The maximum Gasteiger partial charge on any atom is 0.283 e. The molecule has 3 N–H and O–H groups in total. The van der Waals surface area contributed by atoms with E-state index in [2.05, 4.69) is 0 Å². The Hall–Kier alpha value is -1.67. The number of phenolic OH excluding ortho intramolecular Hbond substituents is 2. The molecule has 0 saturated heterocycles. The van der Waals surface area contributed by atoms with E-state index in [-0.39, 0.29) is 36.8 Å². The second-order valence-corrected chi connectivity index (χ2v) is 9.31. The quantitative estimate of drug-likeness (QED) is 0.239. The van der Waals surface area contributed by atoms with Crippen molar-refractivity contribution in [2.45, 2.75) is 4.75 Å². The van der Waals surface area contributed by atoms with Crippen LogP contribution < -0.4 is 0 Å². The fourth-order valence-electron chi connectivity index (χ4n) is 3.24. The molecular weight excluding hydrogens is 482 g/mol. The highest BCUT2D eigenvalue weighted by atomic mass is 35.5.